The molecule has 6 heterocycles. The molecule has 6 rings (SSSR count). The molecule has 4 aromatic heterocycles. The van der Waals surface area contributed by atoms with Crippen LogP contribution in [0.2, 0.25) is 5.15 Å². The molecule has 2 amide bonds. The number of halogens is 2. The van der Waals surface area contributed by atoms with Gasteiger partial charge in [0.25, 0.3) is 11.8 Å². The number of hydrogen-bond acceptors (Lipinski definition) is 13. The third kappa shape index (κ3) is 11.3. The molecule has 14 nitrogen and oxygen atoms in total. The number of piperidine rings is 2. The van der Waals surface area contributed by atoms with E-state index in [4.69, 9.17) is 31.9 Å². The summed E-state index contributed by atoms with van der Waals surface area (Å²) < 4.78 is 37.8. The average Bonchev–Trinajstić information content (AvgIpc) is 3.26. The van der Waals surface area contributed by atoms with Crippen molar-refractivity contribution in [1.29, 1.82) is 10.5 Å². The van der Waals surface area contributed by atoms with Crippen molar-refractivity contribution in [3.05, 3.63) is 87.3 Å². The van der Waals surface area contributed by atoms with Gasteiger partial charge in [0.05, 0.1) is 70.2 Å². The largest absolute Gasteiger partial charge is 0.481 e. The van der Waals surface area contributed by atoms with Gasteiger partial charge in [0.1, 0.15) is 22.4 Å². The summed E-state index contributed by atoms with van der Waals surface area (Å²) in [5, 5.41) is 19.1. The van der Waals surface area contributed by atoms with Gasteiger partial charge < -0.3 is 28.7 Å². The van der Waals surface area contributed by atoms with E-state index in [1.807, 2.05) is 31.9 Å². The maximum Gasteiger partial charge on any atom is 0.257 e. The minimum absolute atomic E-state index is 0.0463. The van der Waals surface area contributed by atoms with Crippen LogP contribution in [0.5, 0.6) is 23.5 Å². The van der Waals surface area contributed by atoms with Crippen LogP contribution >= 0.6 is 23.4 Å². The Bertz CT molecular complexity index is 2210. The molecule has 59 heavy (non-hydrogen) atoms. The Labute approximate surface area is 355 Å². The number of thioether (sulfide) groups is 1. The van der Waals surface area contributed by atoms with Gasteiger partial charge in [-0.05, 0) is 83.9 Å². The van der Waals surface area contributed by atoms with Gasteiger partial charge in [-0.3, -0.25) is 14.0 Å². The van der Waals surface area contributed by atoms with Crippen LogP contribution in [-0.4, -0.2) is 107 Å². The predicted octanol–water partition coefficient (Wildman–Crippen LogP) is 7.44. The minimum atomic E-state index is -1.00. The lowest BCUT2D eigenvalue weighted by molar-refractivity contribution is 0.0366. The third-order valence-corrected chi connectivity index (χ3v) is 11.0. The highest BCUT2D eigenvalue weighted by molar-refractivity contribution is 7.98. The van der Waals surface area contributed by atoms with Gasteiger partial charge in [0, 0.05) is 47.7 Å². The second-order valence-corrected chi connectivity index (χ2v) is 14.8. The molecule has 0 aliphatic carbocycles. The van der Waals surface area contributed by atoms with Crippen molar-refractivity contribution in [1.82, 2.24) is 29.7 Å². The van der Waals surface area contributed by atoms with Crippen molar-refractivity contribution in [2.75, 3.05) is 40.7 Å². The molecule has 2 saturated heterocycles. The number of aromatic nitrogens is 4. The number of methoxy groups -OCH3 is 2. The van der Waals surface area contributed by atoms with E-state index in [0.29, 0.717) is 69.5 Å². The monoisotopic (exact) mass is 847 g/mol. The standard InChI is InChI=1S/C21H24N4O3S.C20H21ClN4O3.CH3F/c1-13-5-6-16(28-19-14(2)15(11-22)9-10-23-19)12-25(13)21(26)17-7-8-18(27-3)24-20(17)29-4;1-12-4-5-15(28-19-13(2)14(10-22)8-9-23-19)11-25(12)20(26)16-6-7-17(27-3)24-18(16)21;1-2/h7-10,13,16H,5-6,12H2,1-4H3;6-9,12,15H,4-5,11H2,1-3H3;1H3/t13-,16-;12-,15-;/m11./s1/i;;1D. The molecule has 0 spiro atoms. The van der Waals surface area contributed by atoms with Crippen LogP contribution in [0.3, 0.4) is 0 Å². The van der Waals surface area contributed by atoms with Gasteiger partial charge in [0.15, 0.2) is 0 Å². The molecule has 0 aromatic carbocycles. The number of rotatable bonds is 9. The summed E-state index contributed by atoms with van der Waals surface area (Å²) >= 11 is 7.60. The SMILES string of the molecule is COc1ccc(C(=O)N2C[C@H](Oc3nccc(C#N)c3C)CC[C@H]2C)c(Cl)n1.COc1ccc(C(=O)N2C[C@H](Oc3nccc(C#N)c3C)CC[C@H]2C)c(SC)n1.[2H]CF. The molecule has 0 N–H and O–H groups in total. The molecular formula is C42H48ClFN8O6S. The zero-order valence-corrected chi connectivity index (χ0v) is 35.6. The first-order chi connectivity index (χ1) is 28.8. The number of carbonyl (C=O) groups excluding carboxylic acids is 2. The summed E-state index contributed by atoms with van der Waals surface area (Å²) in [6, 6.07) is 14.4. The van der Waals surface area contributed by atoms with Gasteiger partial charge >= 0.3 is 0 Å². The fourth-order valence-corrected chi connectivity index (χ4v) is 7.37. The predicted molar refractivity (Wildman–Crippen MR) is 221 cm³/mol. The van der Waals surface area contributed by atoms with E-state index in [2.05, 4.69) is 32.1 Å². The van der Waals surface area contributed by atoms with Crippen LogP contribution in [0.4, 0.5) is 4.39 Å². The molecule has 17 heteroatoms. The van der Waals surface area contributed by atoms with Crippen molar-refractivity contribution in [2.24, 2.45) is 0 Å². The highest BCUT2D eigenvalue weighted by atomic mass is 35.5. The summed E-state index contributed by atoms with van der Waals surface area (Å²) in [5.74, 6) is 1.45. The zero-order chi connectivity index (χ0) is 43.9. The van der Waals surface area contributed by atoms with Crippen molar-refractivity contribution in [3.63, 3.8) is 0 Å². The lowest BCUT2D eigenvalue weighted by Crippen LogP contribution is -2.49. The molecule has 4 atom stereocenters. The first-order valence-electron chi connectivity index (χ1n) is 19.4. The van der Waals surface area contributed by atoms with Gasteiger partial charge in [-0.1, -0.05) is 11.6 Å². The maximum absolute atomic E-state index is 13.3. The fourth-order valence-electron chi connectivity index (χ4n) is 6.59. The Morgan fingerprint density at radius 1 is 0.797 bits per heavy atom. The van der Waals surface area contributed by atoms with Crippen LogP contribution in [0.25, 0.3) is 0 Å². The Morgan fingerprint density at radius 3 is 1.66 bits per heavy atom. The Balaban J connectivity index is 0.000000249. The van der Waals surface area contributed by atoms with E-state index in [1.54, 1.807) is 67.7 Å². The molecule has 0 saturated carbocycles. The number of pyridine rings is 4. The number of ether oxygens (including phenoxy) is 4. The fraction of sp³-hybridized carbons (Fsp3) is 0.429. The zero-order valence-electron chi connectivity index (χ0n) is 35.1. The normalized spacial score (nSPS) is 18.6. The highest BCUT2D eigenvalue weighted by Crippen LogP contribution is 2.30. The number of hydrogen-bond donors (Lipinski definition) is 0. The molecule has 2 fully saturated rings. The minimum Gasteiger partial charge on any atom is -0.481 e. The number of nitrogens with zero attached hydrogens (tertiary/aromatic N) is 8. The topological polar surface area (TPSA) is 177 Å². The smallest absolute Gasteiger partial charge is 0.257 e. The van der Waals surface area contributed by atoms with Gasteiger partial charge in [-0.2, -0.15) is 10.5 Å². The van der Waals surface area contributed by atoms with E-state index in [-0.39, 0.29) is 41.3 Å². The average molecular weight is 848 g/mol. The quantitative estimate of drug-likeness (QED) is 0.120. The molecule has 4 aromatic rings. The maximum atomic E-state index is 13.3. The van der Waals surface area contributed by atoms with Crippen molar-refractivity contribution in [3.8, 4) is 35.7 Å². The second-order valence-electron chi connectivity index (χ2n) is 13.7. The first-order valence-corrected chi connectivity index (χ1v) is 20.3. The molecule has 312 valence electrons. The van der Waals surface area contributed by atoms with E-state index >= 15 is 0 Å². The van der Waals surface area contributed by atoms with Crippen molar-refractivity contribution >= 4 is 35.2 Å². The molecule has 2 aliphatic rings. The number of nitriles is 2. The third-order valence-electron chi connectivity index (χ3n) is 10.0. The molecular weight excluding hydrogens is 799 g/mol. The summed E-state index contributed by atoms with van der Waals surface area (Å²) in [6.07, 6.45) is 7.84. The summed E-state index contributed by atoms with van der Waals surface area (Å²) in [6.45, 7) is 8.53. The van der Waals surface area contributed by atoms with Crippen molar-refractivity contribution in [2.45, 2.75) is 82.7 Å². The highest BCUT2D eigenvalue weighted by Gasteiger charge is 2.34. The number of alkyl halides is 1. The van der Waals surface area contributed by atoms with Gasteiger partial charge in [-0.25, -0.2) is 19.9 Å². The van der Waals surface area contributed by atoms with Crippen LogP contribution in [0.1, 0.15) is 83.9 Å². The van der Waals surface area contributed by atoms with Crippen LogP contribution in [0.15, 0.2) is 53.8 Å². The van der Waals surface area contributed by atoms with Crippen LogP contribution in [-0.2, 0) is 0 Å². The summed E-state index contributed by atoms with van der Waals surface area (Å²) in [4.78, 5) is 46.9. The molecule has 0 unspecified atom stereocenters. The summed E-state index contributed by atoms with van der Waals surface area (Å²) in [7, 11) is 2.05. The van der Waals surface area contributed by atoms with Crippen LogP contribution in [0, 0.1) is 36.5 Å². The van der Waals surface area contributed by atoms with E-state index in [9.17, 15) is 24.5 Å². The summed E-state index contributed by atoms with van der Waals surface area (Å²) in [5.41, 5.74) is 3.38. The molecule has 0 bridgehead atoms. The second kappa shape index (κ2) is 21.9. The Hall–Kier alpha value is -5.71. The Morgan fingerprint density at radius 2 is 1.24 bits per heavy atom. The van der Waals surface area contributed by atoms with E-state index in [0.717, 1.165) is 31.2 Å². The van der Waals surface area contributed by atoms with E-state index < -0.39 is 7.15 Å². The number of likely N-dealkylation sites (tertiary alicyclic amines) is 2. The van der Waals surface area contributed by atoms with Gasteiger partial charge in [-0.15, -0.1) is 11.8 Å². The lowest BCUT2D eigenvalue weighted by atomic mass is 10.00. The number of carbonyl (C=O) groups is 2. The first kappa shape index (κ1) is 44.4. The number of amides is 2. The molecule has 2 aliphatic heterocycles. The Kier molecular flexibility index (Phi) is 16.5. The van der Waals surface area contributed by atoms with Gasteiger partial charge in [0.2, 0.25) is 23.5 Å². The van der Waals surface area contributed by atoms with Crippen LogP contribution < -0.4 is 18.9 Å². The lowest BCUT2D eigenvalue weighted by Gasteiger charge is -2.38. The molecule has 0 radical (unpaired) electrons. The van der Waals surface area contributed by atoms with E-state index in [1.165, 1.54) is 18.9 Å². The van der Waals surface area contributed by atoms with Crippen molar-refractivity contribution < 1.29 is 34.3 Å².